The first-order valence-corrected chi connectivity index (χ1v) is 7.84. The lowest BCUT2D eigenvalue weighted by molar-refractivity contribution is 0.309. The molecule has 0 bridgehead atoms. The number of nitrogens with one attached hydrogen (secondary N) is 1. The number of hydrogen-bond donors (Lipinski definition) is 1. The van der Waals surface area contributed by atoms with Gasteiger partial charge in [0, 0.05) is 26.7 Å². The van der Waals surface area contributed by atoms with Crippen LogP contribution < -0.4 is 5.32 Å². The first-order valence-electron chi connectivity index (χ1n) is 7.84. The summed E-state index contributed by atoms with van der Waals surface area (Å²) in [5.74, 6) is 4.16. The van der Waals surface area contributed by atoms with Crippen molar-refractivity contribution in [3.8, 4) is 0 Å². The van der Waals surface area contributed by atoms with Crippen LogP contribution in [0.25, 0.3) is 0 Å². The quantitative estimate of drug-likeness (QED) is 0.832. The topological polar surface area (TPSA) is 27.6 Å². The van der Waals surface area contributed by atoms with Gasteiger partial charge in [-0.2, -0.15) is 0 Å². The second-order valence-corrected chi connectivity index (χ2v) is 6.42. The lowest BCUT2D eigenvalue weighted by Crippen LogP contribution is -2.43. The molecule has 2 atom stereocenters. The van der Waals surface area contributed by atoms with Gasteiger partial charge in [0.1, 0.15) is 0 Å². The number of aliphatic imine (C=N–C) groups is 1. The predicted molar refractivity (Wildman–Crippen MR) is 75.7 cm³/mol. The van der Waals surface area contributed by atoms with Gasteiger partial charge in [-0.15, -0.1) is 0 Å². The number of nitrogens with zero attached hydrogens (tertiary/aromatic N) is 2. The Balaban J connectivity index is 1.41. The van der Waals surface area contributed by atoms with Crippen molar-refractivity contribution in [1.29, 1.82) is 0 Å². The highest BCUT2D eigenvalue weighted by Crippen LogP contribution is 2.48. The molecule has 3 rings (SSSR count). The Labute approximate surface area is 111 Å². The van der Waals surface area contributed by atoms with Crippen molar-refractivity contribution in [2.45, 2.75) is 44.9 Å². The van der Waals surface area contributed by atoms with Gasteiger partial charge in [-0.25, -0.2) is 0 Å². The average Bonchev–Trinajstić information content (AvgIpc) is 3.18. The van der Waals surface area contributed by atoms with Crippen LogP contribution in [0.5, 0.6) is 0 Å². The SMILES string of the molecule is CN1CCCN=C1NC[C@@H]1C[C@H]1C1CCCCC1. The molecule has 3 heteroatoms. The van der Waals surface area contributed by atoms with Crippen molar-refractivity contribution in [3.63, 3.8) is 0 Å². The summed E-state index contributed by atoms with van der Waals surface area (Å²) in [6.07, 6.45) is 10.1. The van der Waals surface area contributed by atoms with Crippen molar-refractivity contribution in [3.05, 3.63) is 0 Å². The van der Waals surface area contributed by atoms with Gasteiger partial charge in [-0.05, 0) is 30.6 Å². The first kappa shape index (κ1) is 12.3. The van der Waals surface area contributed by atoms with Crippen LogP contribution in [-0.4, -0.2) is 37.5 Å². The molecule has 2 saturated carbocycles. The molecule has 0 unspecified atom stereocenters. The van der Waals surface area contributed by atoms with E-state index in [1.54, 1.807) is 0 Å². The van der Waals surface area contributed by atoms with Gasteiger partial charge in [0.25, 0.3) is 0 Å². The Morgan fingerprint density at radius 1 is 1.22 bits per heavy atom. The molecule has 1 aliphatic heterocycles. The Bertz CT molecular complexity index is 307. The van der Waals surface area contributed by atoms with Gasteiger partial charge >= 0.3 is 0 Å². The Morgan fingerprint density at radius 2 is 2.06 bits per heavy atom. The van der Waals surface area contributed by atoms with Crippen molar-refractivity contribution >= 4 is 5.96 Å². The van der Waals surface area contributed by atoms with Gasteiger partial charge in [0.15, 0.2) is 5.96 Å². The van der Waals surface area contributed by atoms with Crippen molar-refractivity contribution in [2.75, 3.05) is 26.7 Å². The van der Waals surface area contributed by atoms with E-state index in [0.29, 0.717) is 0 Å². The number of rotatable bonds is 3. The fourth-order valence-corrected chi connectivity index (χ4v) is 3.78. The molecule has 18 heavy (non-hydrogen) atoms. The third kappa shape index (κ3) is 2.81. The minimum absolute atomic E-state index is 0.936. The second kappa shape index (κ2) is 5.50. The molecule has 1 heterocycles. The predicted octanol–water partition coefficient (Wildman–Crippen LogP) is 2.48. The monoisotopic (exact) mass is 249 g/mol. The van der Waals surface area contributed by atoms with E-state index in [0.717, 1.165) is 43.3 Å². The van der Waals surface area contributed by atoms with Crippen LogP contribution in [0.2, 0.25) is 0 Å². The van der Waals surface area contributed by atoms with Gasteiger partial charge in [0.2, 0.25) is 0 Å². The van der Waals surface area contributed by atoms with Crippen LogP contribution in [0.15, 0.2) is 4.99 Å². The molecule has 0 spiro atoms. The zero-order chi connectivity index (χ0) is 12.4. The van der Waals surface area contributed by atoms with E-state index in [2.05, 4.69) is 22.3 Å². The van der Waals surface area contributed by atoms with Crippen LogP contribution in [-0.2, 0) is 0 Å². The van der Waals surface area contributed by atoms with E-state index >= 15 is 0 Å². The molecular formula is C15H27N3. The molecule has 0 saturated heterocycles. The summed E-state index contributed by atoms with van der Waals surface area (Å²) in [4.78, 5) is 6.84. The van der Waals surface area contributed by atoms with E-state index in [9.17, 15) is 0 Å². The molecule has 2 aliphatic carbocycles. The third-order valence-corrected chi connectivity index (χ3v) is 5.03. The van der Waals surface area contributed by atoms with Gasteiger partial charge in [0.05, 0.1) is 0 Å². The zero-order valence-corrected chi connectivity index (χ0v) is 11.7. The highest BCUT2D eigenvalue weighted by atomic mass is 15.3. The highest BCUT2D eigenvalue weighted by molar-refractivity contribution is 5.80. The minimum Gasteiger partial charge on any atom is -0.356 e. The summed E-state index contributed by atoms with van der Waals surface area (Å²) in [6, 6.07) is 0. The van der Waals surface area contributed by atoms with E-state index in [1.165, 1.54) is 44.9 Å². The Hall–Kier alpha value is -0.730. The smallest absolute Gasteiger partial charge is 0.193 e. The molecule has 0 amide bonds. The number of hydrogen-bond acceptors (Lipinski definition) is 3. The maximum absolute atomic E-state index is 4.58. The first-order chi connectivity index (χ1) is 8.84. The van der Waals surface area contributed by atoms with Crippen molar-refractivity contribution in [1.82, 2.24) is 10.2 Å². The van der Waals surface area contributed by atoms with Gasteiger partial charge in [-0.3, -0.25) is 4.99 Å². The fraction of sp³-hybridized carbons (Fsp3) is 0.933. The molecule has 0 radical (unpaired) electrons. The summed E-state index contributed by atoms with van der Waals surface area (Å²) in [7, 11) is 2.15. The standard InChI is InChI=1S/C15H27N3/c1-18-9-5-8-16-15(18)17-11-13-10-14(13)12-6-3-2-4-7-12/h12-14H,2-11H2,1H3,(H,16,17)/t13-,14-/m0/s1. The molecule has 0 aromatic heterocycles. The lowest BCUT2D eigenvalue weighted by atomic mass is 9.85. The average molecular weight is 249 g/mol. The minimum atomic E-state index is 0.936. The lowest BCUT2D eigenvalue weighted by Gasteiger charge is -2.26. The maximum atomic E-state index is 4.58. The van der Waals surface area contributed by atoms with E-state index in [-0.39, 0.29) is 0 Å². The molecule has 2 fully saturated rings. The summed E-state index contributed by atoms with van der Waals surface area (Å²) in [6.45, 7) is 3.32. The summed E-state index contributed by atoms with van der Waals surface area (Å²) in [5, 5.41) is 3.58. The van der Waals surface area contributed by atoms with Crippen LogP contribution >= 0.6 is 0 Å². The Kier molecular flexibility index (Phi) is 3.76. The summed E-state index contributed by atoms with van der Waals surface area (Å²) >= 11 is 0. The second-order valence-electron chi connectivity index (χ2n) is 6.42. The molecule has 3 aliphatic rings. The highest BCUT2D eigenvalue weighted by Gasteiger charge is 2.42. The largest absolute Gasteiger partial charge is 0.356 e. The van der Waals surface area contributed by atoms with Crippen LogP contribution in [0.3, 0.4) is 0 Å². The molecular weight excluding hydrogens is 222 g/mol. The van der Waals surface area contributed by atoms with E-state index in [4.69, 9.17) is 0 Å². The Morgan fingerprint density at radius 3 is 2.83 bits per heavy atom. The van der Waals surface area contributed by atoms with Crippen molar-refractivity contribution in [2.24, 2.45) is 22.7 Å². The normalized spacial score (nSPS) is 33.2. The van der Waals surface area contributed by atoms with Crippen LogP contribution in [0.1, 0.15) is 44.9 Å². The molecule has 0 aromatic carbocycles. The molecule has 1 N–H and O–H groups in total. The summed E-state index contributed by atoms with van der Waals surface area (Å²) in [5.41, 5.74) is 0. The molecule has 3 nitrogen and oxygen atoms in total. The summed E-state index contributed by atoms with van der Waals surface area (Å²) < 4.78 is 0. The van der Waals surface area contributed by atoms with Crippen LogP contribution in [0.4, 0.5) is 0 Å². The maximum Gasteiger partial charge on any atom is 0.193 e. The van der Waals surface area contributed by atoms with E-state index in [1.807, 2.05) is 0 Å². The van der Waals surface area contributed by atoms with Gasteiger partial charge in [-0.1, -0.05) is 32.1 Å². The van der Waals surface area contributed by atoms with Gasteiger partial charge < -0.3 is 10.2 Å². The number of guanidine groups is 1. The molecule has 102 valence electrons. The third-order valence-electron chi connectivity index (χ3n) is 5.03. The fourth-order valence-electron chi connectivity index (χ4n) is 3.78. The van der Waals surface area contributed by atoms with Crippen molar-refractivity contribution < 1.29 is 0 Å². The zero-order valence-electron chi connectivity index (χ0n) is 11.7. The molecule has 0 aromatic rings. The van der Waals surface area contributed by atoms with Crippen LogP contribution in [0, 0.1) is 17.8 Å². The van der Waals surface area contributed by atoms with E-state index < -0.39 is 0 Å².